The predicted molar refractivity (Wildman–Crippen MR) is 362 cm³/mol. The molecule has 6 nitrogen and oxygen atoms in total. The van der Waals surface area contributed by atoms with Crippen LogP contribution in [0.3, 0.4) is 0 Å². The summed E-state index contributed by atoms with van der Waals surface area (Å²) in [5.41, 5.74) is 0. The van der Waals surface area contributed by atoms with Crippen molar-refractivity contribution < 1.29 is 28.6 Å². The molecule has 0 aromatic heterocycles. The van der Waals surface area contributed by atoms with E-state index in [9.17, 15) is 14.4 Å². The molecule has 1 unspecified atom stereocenters. The summed E-state index contributed by atoms with van der Waals surface area (Å²) < 4.78 is 17.0. The molecular formula is C77H134O6. The molecule has 0 bridgehead atoms. The lowest BCUT2D eigenvalue weighted by Gasteiger charge is -2.18. The van der Waals surface area contributed by atoms with Crippen molar-refractivity contribution in [3.05, 3.63) is 97.2 Å². The average molecular weight is 1160 g/mol. The highest BCUT2D eigenvalue weighted by atomic mass is 16.6. The molecule has 0 saturated carbocycles. The van der Waals surface area contributed by atoms with E-state index in [0.29, 0.717) is 19.3 Å². The van der Waals surface area contributed by atoms with Crippen molar-refractivity contribution in [1.29, 1.82) is 0 Å². The first-order chi connectivity index (χ1) is 41.0. The number of unbranched alkanes of at least 4 members (excludes halogenated alkanes) is 38. The van der Waals surface area contributed by atoms with Gasteiger partial charge in [-0.05, 0) is 83.5 Å². The van der Waals surface area contributed by atoms with E-state index in [1.165, 1.54) is 193 Å². The molecule has 0 aliphatic carbocycles. The van der Waals surface area contributed by atoms with Gasteiger partial charge in [0.15, 0.2) is 6.10 Å². The van der Waals surface area contributed by atoms with Crippen molar-refractivity contribution in [2.75, 3.05) is 13.2 Å². The lowest BCUT2D eigenvalue weighted by Crippen LogP contribution is -2.30. The van der Waals surface area contributed by atoms with Gasteiger partial charge in [0.05, 0.1) is 0 Å². The third kappa shape index (κ3) is 69.0. The Morgan fingerprint density at radius 2 is 0.470 bits per heavy atom. The number of esters is 3. The number of ether oxygens (including phenoxy) is 3. The van der Waals surface area contributed by atoms with Gasteiger partial charge in [0.2, 0.25) is 0 Å². The topological polar surface area (TPSA) is 78.9 Å². The van der Waals surface area contributed by atoms with Crippen LogP contribution in [0.1, 0.15) is 355 Å². The highest BCUT2D eigenvalue weighted by Gasteiger charge is 2.19. The van der Waals surface area contributed by atoms with E-state index in [1.54, 1.807) is 0 Å². The van der Waals surface area contributed by atoms with Crippen molar-refractivity contribution in [2.24, 2.45) is 0 Å². The Labute approximate surface area is 515 Å². The largest absolute Gasteiger partial charge is 0.462 e. The average Bonchev–Trinajstić information content (AvgIpc) is 3.49. The second-order valence-electron chi connectivity index (χ2n) is 23.8. The maximum Gasteiger partial charge on any atom is 0.306 e. The molecule has 0 fully saturated rings. The Morgan fingerprint density at radius 1 is 0.253 bits per heavy atom. The third-order valence-electron chi connectivity index (χ3n) is 15.6. The zero-order valence-corrected chi connectivity index (χ0v) is 54.9. The molecule has 0 radical (unpaired) electrons. The summed E-state index contributed by atoms with van der Waals surface area (Å²) in [7, 11) is 0. The van der Waals surface area contributed by atoms with Crippen LogP contribution in [0.2, 0.25) is 0 Å². The van der Waals surface area contributed by atoms with Crippen LogP contribution < -0.4 is 0 Å². The molecule has 0 N–H and O–H groups in total. The molecule has 0 rings (SSSR count). The molecule has 0 aromatic rings. The first kappa shape index (κ1) is 79.3. The summed E-state index contributed by atoms with van der Waals surface area (Å²) in [6.45, 7) is 6.55. The molecule has 0 aliphatic rings. The van der Waals surface area contributed by atoms with E-state index in [-0.39, 0.29) is 31.1 Å². The first-order valence-corrected chi connectivity index (χ1v) is 35.7. The monoisotopic (exact) mass is 1160 g/mol. The second-order valence-corrected chi connectivity index (χ2v) is 23.8. The Morgan fingerprint density at radius 3 is 0.735 bits per heavy atom. The van der Waals surface area contributed by atoms with Crippen LogP contribution in [0.15, 0.2) is 97.2 Å². The van der Waals surface area contributed by atoms with Crippen LogP contribution in [-0.2, 0) is 28.6 Å². The van der Waals surface area contributed by atoms with Crippen LogP contribution in [0.4, 0.5) is 0 Å². The highest BCUT2D eigenvalue weighted by Crippen LogP contribution is 2.18. The summed E-state index contributed by atoms with van der Waals surface area (Å²) in [6.07, 6.45) is 95.8. The van der Waals surface area contributed by atoms with Crippen LogP contribution >= 0.6 is 0 Å². The fourth-order valence-corrected chi connectivity index (χ4v) is 10.3. The molecule has 0 spiro atoms. The Bertz CT molecular complexity index is 1610. The van der Waals surface area contributed by atoms with Gasteiger partial charge in [0.1, 0.15) is 13.2 Å². The Balaban J connectivity index is 4.31. The molecule has 83 heavy (non-hydrogen) atoms. The van der Waals surface area contributed by atoms with Gasteiger partial charge in [0, 0.05) is 19.3 Å². The lowest BCUT2D eigenvalue weighted by molar-refractivity contribution is -0.167. The molecule has 6 heteroatoms. The lowest BCUT2D eigenvalue weighted by atomic mass is 10.0. The number of rotatable bonds is 65. The van der Waals surface area contributed by atoms with E-state index in [0.717, 1.165) is 122 Å². The number of allylic oxidation sites excluding steroid dienone is 16. The molecular weight excluding hydrogens is 1020 g/mol. The molecule has 0 saturated heterocycles. The zero-order valence-electron chi connectivity index (χ0n) is 54.9. The minimum absolute atomic E-state index is 0.0810. The van der Waals surface area contributed by atoms with Crippen molar-refractivity contribution in [1.82, 2.24) is 0 Å². The maximum atomic E-state index is 13.0. The molecule has 1 atom stereocenters. The number of carbonyl (C=O) groups is 3. The second kappa shape index (κ2) is 70.8. The minimum Gasteiger partial charge on any atom is -0.462 e. The highest BCUT2D eigenvalue weighted by molar-refractivity contribution is 5.71. The zero-order chi connectivity index (χ0) is 59.9. The van der Waals surface area contributed by atoms with Gasteiger partial charge in [-0.1, -0.05) is 349 Å². The summed E-state index contributed by atoms with van der Waals surface area (Å²) in [4.78, 5) is 38.4. The molecule has 0 aliphatic heterocycles. The molecule has 0 heterocycles. The number of hydrogen-bond donors (Lipinski definition) is 0. The van der Waals surface area contributed by atoms with Gasteiger partial charge in [-0.2, -0.15) is 0 Å². The SMILES string of the molecule is CC/C=C\C/C=C\C/C=C\C/C=C\C/C=C\C/C=C\C/C=C\C/C=C\CCCCCCC(=O)OCC(COC(=O)CCCCCCCCCCCCCC)OC(=O)CCCCCCCCCCCCCCCCCCCCCCCCCC. The standard InChI is InChI=1S/C77H134O6/c1-4-7-10-13-16-19-22-25-27-29-31-33-35-37-38-39-40-41-43-44-46-48-50-52-55-58-61-64-67-70-76(79)82-73-74(72-81-75(78)69-66-63-60-57-54-24-21-18-15-12-9-6-3)83-77(80)71-68-65-62-59-56-53-51-49-47-45-42-36-34-32-30-28-26-23-20-17-14-11-8-5-2/h7,10,16,19,25,27,31,33,37-38,40-41,44,46,50,52,74H,4-6,8-9,11-15,17-18,20-24,26,28-30,32,34-36,39,42-43,45,47-49,51,53-73H2,1-3H3/b10-7-,19-16-,27-25-,33-31-,38-37-,41-40-,46-44-,52-50-. The van der Waals surface area contributed by atoms with Gasteiger partial charge in [-0.15, -0.1) is 0 Å². The van der Waals surface area contributed by atoms with Crippen molar-refractivity contribution in [3.63, 3.8) is 0 Å². The van der Waals surface area contributed by atoms with Gasteiger partial charge in [-0.3, -0.25) is 14.4 Å². The van der Waals surface area contributed by atoms with Crippen LogP contribution in [-0.4, -0.2) is 37.2 Å². The number of hydrogen-bond acceptors (Lipinski definition) is 6. The minimum atomic E-state index is -0.787. The normalized spacial score (nSPS) is 12.7. The summed E-state index contributed by atoms with van der Waals surface area (Å²) in [5, 5.41) is 0. The van der Waals surface area contributed by atoms with Crippen LogP contribution in [0.5, 0.6) is 0 Å². The predicted octanol–water partition coefficient (Wildman–Crippen LogP) is 24.8. The van der Waals surface area contributed by atoms with E-state index < -0.39 is 6.10 Å². The van der Waals surface area contributed by atoms with Crippen LogP contribution in [0, 0.1) is 0 Å². The molecule has 0 amide bonds. The van der Waals surface area contributed by atoms with Crippen molar-refractivity contribution in [3.8, 4) is 0 Å². The van der Waals surface area contributed by atoms with Gasteiger partial charge in [-0.25, -0.2) is 0 Å². The Kier molecular flexibility index (Phi) is 67.7. The van der Waals surface area contributed by atoms with Gasteiger partial charge < -0.3 is 14.2 Å². The first-order valence-electron chi connectivity index (χ1n) is 35.7. The third-order valence-corrected chi connectivity index (χ3v) is 15.6. The quantitative estimate of drug-likeness (QED) is 0.0261. The summed E-state index contributed by atoms with van der Waals surface area (Å²) in [5.74, 6) is -0.889. The van der Waals surface area contributed by atoms with Crippen LogP contribution in [0.25, 0.3) is 0 Å². The van der Waals surface area contributed by atoms with Crippen molar-refractivity contribution >= 4 is 17.9 Å². The van der Waals surface area contributed by atoms with E-state index in [1.807, 2.05) is 0 Å². The van der Waals surface area contributed by atoms with Gasteiger partial charge in [0.25, 0.3) is 0 Å². The van der Waals surface area contributed by atoms with Crippen molar-refractivity contribution in [2.45, 2.75) is 361 Å². The maximum absolute atomic E-state index is 13.0. The molecule has 478 valence electrons. The Hall–Kier alpha value is -3.67. The number of carbonyl (C=O) groups excluding carboxylic acids is 3. The van der Waals surface area contributed by atoms with Gasteiger partial charge >= 0.3 is 17.9 Å². The van der Waals surface area contributed by atoms with E-state index in [4.69, 9.17) is 14.2 Å². The fraction of sp³-hybridized carbons (Fsp3) is 0.753. The fourth-order valence-electron chi connectivity index (χ4n) is 10.3. The van der Waals surface area contributed by atoms with E-state index >= 15 is 0 Å². The summed E-state index contributed by atoms with van der Waals surface area (Å²) in [6, 6.07) is 0. The summed E-state index contributed by atoms with van der Waals surface area (Å²) >= 11 is 0. The van der Waals surface area contributed by atoms with E-state index in [2.05, 4.69) is 118 Å². The molecule has 0 aromatic carbocycles. The smallest absolute Gasteiger partial charge is 0.306 e.